The van der Waals surface area contributed by atoms with Crippen LogP contribution in [0.25, 0.3) is 6.08 Å². The van der Waals surface area contributed by atoms with Gasteiger partial charge in [0.1, 0.15) is 18.2 Å². The first kappa shape index (κ1) is 23.9. The van der Waals surface area contributed by atoms with Gasteiger partial charge >= 0.3 is 0 Å². The van der Waals surface area contributed by atoms with Gasteiger partial charge in [-0.3, -0.25) is 4.79 Å². The molecule has 0 unspecified atom stereocenters. The molecule has 0 spiro atoms. The topological polar surface area (TPSA) is 71.3 Å². The summed E-state index contributed by atoms with van der Waals surface area (Å²) >= 11 is 13.0. The minimum Gasteiger partial charge on any atom is -0.493 e. The van der Waals surface area contributed by atoms with Gasteiger partial charge in [-0.25, -0.2) is 0 Å². The molecule has 1 N–H and O–H groups in total. The van der Waals surface area contributed by atoms with Crippen molar-refractivity contribution >= 4 is 61.1 Å². The number of carbonyl (C=O) groups is 1. The van der Waals surface area contributed by atoms with Crippen LogP contribution in [0.5, 0.6) is 11.5 Å². The summed E-state index contributed by atoms with van der Waals surface area (Å²) in [4.78, 5) is 12.6. The van der Waals surface area contributed by atoms with Gasteiger partial charge in [0.2, 0.25) is 0 Å². The van der Waals surface area contributed by atoms with E-state index in [1.165, 1.54) is 13.2 Å². The molecule has 0 atom stereocenters. The number of hydrogen-bond acceptors (Lipinski definition) is 4. The summed E-state index contributed by atoms with van der Waals surface area (Å²) in [6.07, 6.45) is 1.47. The summed E-state index contributed by atoms with van der Waals surface area (Å²) < 4.78 is 13.0. The van der Waals surface area contributed by atoms with Gasteiger partial charge in [0, 0.05) is 4.47 Å². The number of halogens is 3. The number of nitriles is 1. The first-order valence-corrected chi connectivity index (χ1v) is 11.3. The maximum absolute atomic E-state index is 12.6. The summed E-state index contributed by atoms with van der Waals surface area (Å²) in [7, 11) is 1.52. The van der Waals surface area contributed by atoms with Crippen LogP contribution in [0.15, 0.2) is 75.2 Å². The minimum atomic E-state index is -0.564. The molecular formula is C24H17Br2ClN2O3. The molecule has 0 bridgehead atoms. The molecule has 3 aromatic carbocycles. The number of nitrogens with zero attached hydrogens (tertiary/aromatic N) is 1. The van der Waals surface area contributed by atoms with Crippen molar-refractivity contribution < 1.29 is 14.3 Å². The largest absolute Gasteiger partial charge is 0.493 e. The van der Waals surface area contributed by atoms with Crippen molar-refractivity contribution in [2.45, 2.75) is 6.61 Å². The van der Waals surface area contributed by atoms with Gasteiger partial charge in [0.05, 0.1) is 22.3 Å². The fourth-order valence-corrected chi connectivity index (χ4v) is 3.79. The molecule has 1 amide bonds. The van der Waals surface area contributed by atoms with Crippen molar-refractivity contribution in [1.82, 2.24) is 0 Å². The summed E-state index contributed by atoms with van der Waals surface area (Å²) in [5.41, 5.74) is 1.93. The molecule has 0 saturated carbocycles. The van der Waals surface area contributed by atoms with E-state index in [9.17, 15) is 10.1 Å². The molecule has 32 heavy (non-hydrogen) atoms. The first-order valence-electron chi connectivity index (χ1n) is 9.33. The maximum atomic E-state index is 12.6. The third-order valence-corrected chi connectivity index (χ3v) is 5.79. The highest BCUT2D eigenvalue weighted by atomic mass is 79.9. The van der Waals surface area contributed by atoms with E-state index in [4.69, 9.17) is 21.1 Å². The van der Waals surface area contributed by atoms with E-state index in [0.29, 0.717) is 38.9 Å². The molecule has 0 aliphatic heterocycles. The van der Waals surface area contributed by atoms with Crippen LogP contribution in [0.4, 0.5) is 5.69 Å². The van der Waals surface area contributed by atoms with Crippen LogP contribution in [0.1, 0.15) is 11.1 Å². The predicted molar refractivity (Wildman–Crippen MR) is 133 cm³/mol. The predicted octanol–water partition coefficient (Wildman–Crippen LogP) is 7.00. The second-order valence-corrected chi connectivity index (χ2v) is 8.73. The quantitative estimate of drug-likeness (QED) is 0.243. The van der Waals surface area contributed by atoms with E-state index in [-0.39, 0.29) is 5.57 Å². The third kappa shape index (κ3) is 6.13. The molecule has 0 saturated heterocycles. The normalized spacial score (nSPS) is 10.9. The SMILES string of the molecule is COc1cc(/C=C(\C#N)C(=O)Nc2ccccc2Cl)cc(Br)c1OCc1ccc(Br)cc1. The molecular weight excluding hydrogens is 560 g/mol. The number of methoxy groups -OCH3 is 1. The number of benzene rings is 3. The highest BCUT2D eigenvalue weighted by Crippen LogP contribution is 2.38. The van der Waals surface area contributed by atoms with Crippen molar-refractivity contribution in [3.63, 3.8) is 0 Å². The monoisotopic (exact) mass is 574 g/mol. The molecule has 0 fully saturated rings. The van der Waals surface area contributed by atoms with Crippen LogP contribution in [0.2, 0.25) is 5.02 Å². The van der Waals surface area contributed by atoms with Gasteiger partial charge < -0.3 is 14.8 Å². The van der Waals surface area contributed by atoms with Crippen LogP contribution in [-0.2, 0) is 11.4 Å². The van der Waals surface area contributed by atoms with E-state index < -0.39 is 5.91 Å². The Morgan fingerprint density at radius 1 is 1.16 bits per heavy atom. The Kier molecular flexibility index (Phi) is 8.34. The number of anilines is 1. The number of hydrogen-bond donors (Lipinski definition) is 1. The number of ether oxygens (including phenoxy) is 2. The lowest BCUT2D eigenvalue weighted by molar-refractivity contribution is -0.112. The fraction of sp³-hybridized carbons (Fsp3) is 0.0833. The van der Waals surface area contributed by atoms with Crippen LogP contribution < -0.4 is 14.8 Å². The Labute approximate surface area is 207 Å². The smallest absolute Gasteiger partial charge is 0.266 e. The molecule has 0 aromatic heterocycles. The van der Waals surface area contributed by atoms with Crippen LogP contribution in [0.3, 0.4) is 0 Å². The maximum Gasteiger partial charge on any atom is 0.266 e. The second-order valence-electron chi connectivity index (χ2n) is 6.55. The van der Waals surface area contributed by atoms with Gasteiger partial charge in [0.25, 0.3) is 5.91 Å². The molecule has 0 radical (unpaired) electrons. The summed E-state index contributed by atoms with van der Waals surface area (Å²) in [5, 5.41) is 12.5. The lowest BCUT2D eigenvalue weighted by Crippen LogP contribution is -2.13. The van der Waals surface area contributed by atoms with E-state index in [1.807, 2.05) is 30.3 Å². The minimum absolute atomic E-state index is 0.0811. The fourth-order valence-electron chi connectivity index (χ4n) is 2.77. The Morgan fingerprint density at radius 2 is 1.88 bits per heavy atom. The van der Waals surface area contributed by atoms with E-state index in [0.717, 1.165) is 10.0 Å². The number of carbonyl (C=O) groups excluding carboxylic acids is 1. The molecule has 0 heterocycles. The lowest BCUT2D eigenvalue weighted by Gasteiger charge is -2.14. The zero-order chi connectivity index (χ0) is 23.1. The number of rotatable bonds is 7. The summed E-state index contributed by atoms with van der Waals surface area (Å²) in [6.45, 7) is 0.348. The Hall–Kier alpha value is -2.79. The summed E-state index contributed by atoms with van der Waals surface area (Å²) in [6, 6.07) is 20.0. The van der Waals surface area contributed by atoms with Gasteiger partial charge in [-0.05, 0) is 69.5 Å². The van der Waals surface area contributed by atoms with E-state index in [2.05, 4.69) is 37.2 Å². The number of para-hydroxylation sites is 1. The highest BCUT2D eigenvalue weighted by molar-refractivity contribution is 9.10. The van der Waals surface area contributed by atoms with Gasteiger partial charge in [-0.2, -0.15) is 5.26 Å². The van der Waals surface area contributed by atoms with Gasteiger partial charge in [-0.15, -0.1) is 0 Å². The number of amides is 1. The Morgan fingerprint density at radius 3 is 2.53 bits per heavy atom. The van der Waals surface area contributed by atoms with Crippen molar-refractivity contribution in [2.24, 2.45) is 0 Å². The zero-order valence-corrected chi connectivity index (χ0v) is 20.8. The average molecular weight is 577 g/mol. The second kappa shape index (κ2) is 11.2. The zero-order valence-electron chi connectivity index (χ0n) is 16.9. The molecule has 3 aromatic rings. The molecule has 5 nitrogen and oxygen atoms in total. The third-order valence-electron chi connectivity index (χ3n) is 4.35. The lowest BCUT2D eigenvalue weighted by atomic mass is 10.1. The highest BCUT2D eigenvalue weighted by Gasteiger charge is 2.15. The van der Waals surface area contributed by atoms with Crippen LogP contribution in [0, 0.1) is 11.3 Å². The average Bonchev–Trinajstić information content (AvgIpc) is 2.79. The van der Waals surface area contributed by atoms with E-state index >= 15 is 0 Å². The Bertz CT molecular complexity index is 1200. The first-order chi connectivity index (χ1) is 15.4. The van der Waals surface area contributed by atoms with Crippen molar-refractivity contribution in [3.05, 3.63) is 91.3 Å². The van der Waals surface area contributed by atoms with Crippen molar-refractivity contribution in [2.75, 3.05) is 12.4 Å². The standard InChI is InChI=1S/C24H17Br2ClN2O3/c1-31-22-12-16(10-17(13-28)24(30)29-21-5-3-2-4-20(21)27)11-19(26)23(22)32-14-15-6-8-18(25)9-7-15/h2-12H,14H2,1H3,(H,29,30)/b17-10+. The molecule has 162 valence electrons. The molecule has 0 aliphatic carbocycles. The van der Waals surface area contributed by atoms with Crippen molar-refractivity contribution in [3.8, 4) is 17.6 Å². The van der Waals surface area contributed by atoms with Crippen LogP contribution in [-0.4, -0.2) is 13.0 Å². The summed E-state index contributed by atoms with van der Waals surface area (Å²) in [5.74, 6) is 0.421. The number of nitrogens with one attached hydrogen (secondary N) is 1. The molecule has 0 aliphatic rings. The molecule has 3 rings (SSSR count). The van der Waals surface area contributed by atoms with Crippen molar-refractivity contribution in [1.29, 1.82) is 5.26 Å². The van der Waals surface area contributed by atoms with Crippen LogP contribution >= 0.6 is 43.5 Å². The molecule has 8 heteroatoms. The van der Waals surface area contributed by atoms with Gasteiger partial charge in [0.15, 0.2) is 11.5 Å². The van der Waals surface area contributed by atoms with Gasteiger partial charge in [-0.1, -0.05) is 51.8 Å². The van der Waals surface area contributed by atoms with E-state index in [1.54, 1.807) is 36.4 Å². The Balaban J connectivity index is 1.82.